The zero-order valence-corrected chi connectivity index (χ0v) is 6.44. The Bertz CT molecular complexity index is 400. The van der Waals surface area contributed by atoms with Crippen LogP contribution in [0, 0.1) is 11.3 Å². The number of nitrogens with two attached hydrogens (primary N) is 1. The molecule has 0 fully saturated rings. The summed E-state index contributed by atoms with van der Waals surface area (Å²) in [4.78, 5) is 2.05. The highest BCUT2D eigenvalue weighted by Gasteiger charge is 2.17. The first kappa shape index (κ1) is 8.80. The molecule has 0 atom stereocenters. The first-order valence-corrected chi connectivity index (χ1v) is 3.26. The fourth-order valence-corrected chi connectivity index (χ4v) is 0.880. The second-order valence-corrected chi connectivity index (χ2v) is 2.27. The molecule has 1 aromatic rings. The van der Waals surface area contributed by atoms with Crippen LogP contribution in [0.2, 0.25) is 0 Å². The lowest BCUT2D eigenvalue weighted by Gasteiger charge is -1.96. The number of aromatic hydroxyl groups is 3. The number of nitrogens with zero attached hydrogens (tertiary/aromatic N) is 1. The van der Waals surface area contributed by atoms with Gasteiger partial charge in [0, 0.05) is 6.08 Å². The number of H-pyrrole nitrogens is 1. The van der Waals surface area contributed by atoms with Crippen molar-refractivity contribution >= 4 is 5.70 Å². The normalized spacial score (nSPS) is 11.2. The first-order chi connectivity index (χ1) is 6.07. The number of hydrogen-bond acceptors (Lipinski definition) is 5. The summed E-state index contributed by atoms with van der Waals surface area (Å²) in [5.41, 5.74) is 5.00. The van der Waals surface area contributed by atoms with Gasteiger partial charge in [0.2, 0.25) is 11.8 Å². The molecule has 1 heterocycles. The van der Waals surface area contributed by atoms with E-state index in [1.807, 2.05) is 4.98 Å². The molecule has 0 bridgehead atoms. The number of aromatic nitrogens is 1. The van der Waals surface area contributed by atoms with Crippen LogP contribution < -0.4 is 5.73 Å². The molecule has 0 aliphatic carbocycles. The van der Waals surface area contributed by atoms with Gasteiger partial charge in [-0.1, -0.05) is 0 Å². The lowest BCUT2D eigenvalue weighted by molar-refractivity contribution is 0.391. The van der Waals surface area contributed by atoms with Gasteiger partial charge in [-0.2, -0.15) is 5.26 Å². The van der Waals surface area contributed by atoms with E-state index in [2.05, 4.69) is 0 Å². The van der Waals surface area contributed by atoms with Gasteiger partial charge in [-0.05, 0) is 0 Å². The van der Waals surface area contributed by atoms with E-state index >= 15 is 0 Å². The summed E-state index contributed by atoms with van der Waals surface area (Å²) in [6.45, 7) is 0. The van der Waals surface area contributed by atoms with Gasteiger partial charge >= 0.3 is 0 Å². The highest BCUT2D eigenvalue weighted by Crippen LogP contribution is 2.38. The molecular formula is C7H7N3O3. The third-order valence-corrected chi connectivity index (χ3v) is 1.44. The van der Waals surface area contributed by atoms with E-state index in [0.29, 0.717) is 0 Å². The van der Waals surface area contributed by atoms with Gasteiger partial charge in [0.1, 0.15) is 5.56 Å². The van der Waals surface area contributed by atoms with Gasteiger partial charge in [0.05, 0.1) is 11.8 Å². The van der Waals surface area contributed by atoms with Gasteiger partial charge in [-0.25, -0.2) is 0 Å². The predicted molar refractivity (Wildman–Crippen MR) is 43.6 cm³/mol. The Morgan fingerprint density at radius 2 is 2.00 bits per heavy atom. The Kier molecular flexibility index (Phi) is 2.02. The van der Waals surface area contributed by atoms with Crippen LogP contribution in [0.3, 0.4) is 0 Å². The average Bonchev–Trinajstić information content (AvgIpc) is 2.27. The molecule has 0 aromatic carbocycles. The Hall–Kier alpha value is -2.29. The largest absolute Gasteiger partial charge is 0.503 e. The molecule has 6 N–H and O–H groups in total. The van der Waals surface area contributed by atoms with E-state index < -0.39 is 17.5 Å². The molecule has 0 saturated heterocycles. The van der Waals surface area contributed by atoms with Gasteiger partial charge in [0.25, 0.3) is 0 Å². The van der Waals surface area contributed by atoms with Crippen molar-refractivity contribution in [1.82, 2.24) is 4.98 Å². The maximum atomic E-state index is 9.14. The third kappa shape index (κ3) is 1.35. The summed E-state index contributed by atoms with van der Waals surface area (Å²) in [6, 6.07) is 1.62. The molecule has 6 nitrogen and oxygen atoms in total. The molecule has 0 unspecified atom stereocenters. The minimum absolute atomic E-state index is 0.131. The topological polar surface area (TPSA) is 126 Å². The molecule has 0 aliphatic rings. The van der Waals surface area contributed by atoms with Crippen molar-refractivity contribution in [2.75, 3.05) is 0 Å². The number of aromatic amines is 1. The van der Waals surface area contributed by atoms with Crippen molar-refractivity contribution < 1.29 is 15.3 Å². The molecular weight excluding hydrogens is 174 g/mol. The summed E-state index contributed by atoms with van der Waals surface area (Å²) >= 11 is 0. The summed E-state index contributed by atoms with van der Waals surface area (Å²) in [5.74, 6) is -1.66. The van der Waals surface area contributed by atoms with E-state index in [4.69, 9.17) is 26.3 Å². The summed E-state index contributed by atoms with van der Waals surface area (Å²) < 4.78 is 0. The van der Waals surface area contributed by atoms with Gasteiger partial charge in [0.15, 0.2) is 5.75 Å². The molecule has 13 heavy (non-hydrogen) atoms. The number of nitrogens with one attached hydrogen (secondary N) is 1. The highest BCUT2D eigenvalue weighted by molar-refractivity contribution is 5.75. The number of rotatable bonds is 1. The van der Waals surface area contributed by atoms with Crippen LogP contribution in [0.25, 0.3) is 5.70 Å². The second kappa shape index (κ2) is 2.98. The van der Waals surface area contributed by atoms with Crippen molar-refractivity contribution in [3.8, 4) is 23.6 Å². The Morgan fingerprint density at radius 1 is 1.38 bits per heavy atom. The van der Waals surface area contributed by atoms with Crippen molar-refractivity contribution in [2.24, 2.45) is 5.73 Å². The molecule has 0 amide bonds. The van der Waals surface area contributed by atoms with E-state index in [9.17, 15) is 0 Å². The summed E-state index contributed by atoms with van der Waals surface area (Å²) in [5, 5.41) is 35.4. The summed E-state index contributed by atoms with van der Waals surface area (Å²) in [6.07, 6.45) is 0.933. The van der Waals surface area contributed by atoms with E-state index in [1.165, 1.54) is 0 Å². The molecule has 0 saturated carbocycles. The van der Waals surface area contributed by atoms with E-state index in [0.717, 1.165) is 6.08 Å². The lowest BCUT2D eigenvalue weighted by atomic mass is 10.2. The van der Waals surface area contributed by atoms with Gasteiger partial charge in [-0.3, -0.25) is 4.98 Å². The molecule has 0 spiro atoms. The van der Waals surface area contributed by atoms with Gasteiger partial charge in [-0.15, -0.1) is 0 Å². The van der Waals surface area contributed by atoms with Crippen LogP contribution in [0.15, 0.2) is 6.08 Å². The number of hydrogen-bond donors (Lipinski definition) is 5. The quantitative estimate of drug-likeness (QED) is 0.388. The van der Waals surface area contributed by atoms with Gasteiger partial charge < -0.3 is 21.1 Å². The van der Waals surface area contributed by atoms with Crippen LogP contribution in [0.4, 0.5) is 0 Å². The lowest BCUT2D eigenvalue weighted by Crippen LogP contribution is -1.94. The average molecular weight is 181 g/mol. The van der Waals surface area contributed by atoms with Crippen LogP contribution in [0.1, 0.15) is 5.56 Å². The minimum atomic E-state index is -0.596. The molecule has 1 aromatic heterocycles. The molecule has 0 radical (unpaired) electrons. The van der Waals surface area contributed by atoms with Crippen LogP contribution in [-0.4, -0.2) is 20.3 Å². The maximum absolute atomic E-state index is 9.14. The fraction of sp³-hybridized carbons (Fsp3) is 0. The molecule has 0 aliphatic heterocycles. The SMILES string of the molecule is N#C/C=C(/N)c1c(O)[nH]c(O)c1O. The minimum Gasteiger partial charge on any atom is -0.503 e. The fourth-order valence-electron chi connectivity index (χ4n) is 0.880. The van der Waals surface area contributed by atoms with Crippen molar-refractivity contribution in [1.29, 1.82) is 5.26 Å². The van der Waals surface area contributed by atoms with Crippen molar-refractivity contribution in [3.05, 3.63) is 11.6 Å². The predicted octanol–water partition coefficient (Wildman–Crippen LogP) is -0.0453. The first-order valence-electron chi connectivity index (χ1n) is 3.26. The smallest absolute Gasteiger partial charge is 0.235 e. The monoisotopic (exact) mass is 181 g/mol. The number of nitriles is 1. The second-order valence-electron chi connectivity index (χ2n) is 2.27. The molecule has 68 valence electrons. The van der Waals surface area contributed by atoms with E-state index in [-0.39, 0.29) is 11.3 Å². The maximum Gasteiger partial charge on any atom is 0.235 e. The zero-order chi connectivity index (χ0) is 10.0. The Balaban J connectivity index is 3.31. The zero-order valence-electron chi connectivity index (χ0n) is 6.44. The standard InChI is InChI=1S/C7H7N3O3/c8-2-1-3(9)4-5(11)7(13)10-6(4)12/h1,10-13H,9H2/b3-1+. The van der Waals surface area contributed by atoms with E-state index in [1.54, 1.807) is 6.07 Å². The highest BCUT2D eigenvalue weighted by atomic mass is 16.3. The van der Waals surface area contributed by atoms with Crippen LogP contribution in [0.5, 0.6) is 17.5 Å². The molecule has 6 heteroatoms. The Morgan fingerprint density at radius 3 is 2.38 bits per heavy atom. The number of allylic oxidation sites excluding steroid dienone is 1. The summed E-state index contributed by atoms with van der Waals surface area (Å²) in [7, 11) is 0. The van der Waals surface area contributed by atoms with Crippen molar-refractivity contribution in [3.63, 3.8) is 0 Å². The molecule has 1 rings (SSSR count). The van der Waals surface area contributed by atoms with Crippen LogP contribution in [-0.2, 0) is 0 Å². The third-order valence-electron chi connectivity index (χ3n) is 1.44. The van der Waals surface area contributed by atoms with Crippen molar-refractivity contribution in [2.45, 2.75) is 0 Å². The van der Waals surface area contributed by atoms with Crippen LogP contribution >= 0.6 is 0 Å². The Labute approximate surface area is 73.2 Å².